The summed E-state index contributed by atoms with van der Waals surface area (Å²) in [6.07, 6.45) is 10.2. The monoisotopic (exact) mass is 219 g/mol. The fraction of sp³-hybridized carbons (Fsp3) is 0.769. The summed E-state index contributed by atoms with van der Waals surface area (Å²) in [7, 11) is 0. The standard InChI is InChI=1S/C13H21N3/c1-10-11(8-14-12-6-7-12)9-15-16(10)13-4-2-3-5-13/h9,12-14H,2-8H2,1H3. The Kier molecular flexibility index (Phi) is 2.72. The van der Waals surface area contributed by atoms with Gasteiger partial charge in [0.25, 0.3) is 0 Å². The molecule has 2 fully saturated rings. The molecular weight excluding hydrogens is 198 g/mol. The molecule has 2 aliphatic carbocycles. The van der Waals surface area contributed by atoms with Gasteiger partial charge >= 0.3 is 0 Å². The molecule has 1 aromatic heterocycles. The van der Waals surface area contributed by atoms with Gasteiger partial charge in [0.15, 0.2) is 0 Å². The van der Waals surface area contributed by atoms with Crippen LogP contribution in [0.2, 0.25) is 0 Å². The largest absolute Gasteiger partial charge is 0.310 e. The van der Waals surface area contributed by atoms with E-state index >= 15 is 0 Å². The Labute approximate surface area is 97.2 Å². The number of rotatable bonds is 4. The first kappa shape index (κ1) is 10.3. The molecule has 3 rings (SSSR count). The van der Waals surface area contributed by atoms with Crippen molar-refractivity contribution >= 4 is 0 Å². The van der Waals surface area contributed by atoms with E-state index in [-0.39, 0.29) is 0 Å². The molecule has 0 amide bonds. The summed E-state index contributed by atoms with van der Waals surface area (Å²) < 4.78 is 2.26. The molecule has 0 atom stereocenters. The van der Waals surface area contributed by atoms with E-state index in [2.05, 4.69) is 28.2 Å². The van der Waals surface area contributed by atoms with Crippen LogP contribution in [0.5, 0.6) is 0 Å². The van der Waals surface area contributed by atoms with Gasteiger partial charge in [0.2, 0.25) is 0 Å². The highest BCUT2D eigenvalue weighted by Gasteiger charge is 2.22. The lowest BCUT2D eigenvalue weighted by Gasteiger charge is -2.12. The van der Waals surface area contributed by atoms with Gasteiger partial charge in [-0.25, -0.2) is 0 Å². The number of nitrogens with zero attached hydrogens (tertiary/aromatic N) is 2. The Morgan fingerprint density at radius 2 is 2.06 bits per heavy atom. The third kappa shape index (κ3) is 2.01. The first-order valence-corrected chi connectivity index (χ1v) is 6.61. The molecule has 3 heteroatoms. The van der Waals surface area contributed by atoms with Crippen molar-refractivity contribution in [1.82, 2.24) is 15.1 Å². The molecule has 3 nitrogen and oxygen atoms in total. The Morgan fingerprint density at radius 3 is 2.75 bits per heavy atom. The van der Waals surface area contributed by atoms with Crippen molar-refractivity contribution in [2.45, 2.75) is 64.1 Å². The molecular formula is C13H21N3. The van der Waals surface area contributed by atoms with Gasteiger partial charge in [0.05, 0.1) is 12.2 Å². The van der Waals surface area contributed by atoms with E-state index in [1.165, 1.54) is 49.8 Å². The van der Waals surface area contributed by atoms with Crippen molar-refractivity contribution in [1.29, 1.82) is 0 Å². The smallest absolute Gasteiger partial charge is 0.0537 e. The van der Waals surface area contributed by atoms with Crippen LogP contribution in [0.3, 0.4) is 0 Å². The zero-order valence-corrected chi connectivity index (χ0v) is 10.1. The predicted octanol–water partition coefficient (Wildman–Crippen LogP) is 2.56. The molecule has 0 aliphatic heterocycles. The summed E-state index contributed by atoms with van der Waals surface area (Å²) in [4.78, 5) is 0. The van der Waals surface area contributed by atoms with Crippen LogP contribution in [0, 0.1) is 6.92 Å². The van der Waals surface area contributed by atoms with E-state index in [1.807, 2.05) is 0 Å². The topological polar surface area (TPSA) is 29.9 Å². The van der Waals surface area contributed by atoms with Crippen LogP contribution in [0.4, 0.5) is 0 Å². The summed E-state index contributed by atoms with van der Waals surface area (Å²) in [6, 6.07) is 1.46. The van der Waals surface area contributed by atoms with Crippen molar-refractivity contribution in [3.63, 3.8) is 0 Å². The van der Waals surface area contributed by atoms with E-state index in [1.54, 1.807) is 0 Å². The van der Waals surface area contributed by atoms with Gasteiger partial charge < -0.3 is 5.32 Å². The highest BCUT2D eigenvalue weighted by molar-refractivity contribution is 5.17. The van der Waals surface area contributed by atoms with Crippen LogP contribution in [0.1, 0.15) is 55.8 Å². The Bertz CT molecular complexity index is 359. The molecule has 0 unspecified atom stereocenters. The fourth-order valence-corrected chi connectivity index (χ4v) is 2.69. The lowest BCUT2D eigenvalue weighted by Crippen LogP contribution is -2.16. The maximum absolute atomic E-state index is 4.57. The molecule has 0 radical (unpaired) electrons. The number of hydrogen-bond donors (Lipinski definition) is 1. The summed E-state index contributed by atoms with van der Waals surface area (Å²) >= 11 is 0. The van der Waals surface area contributed by atoms with E-state index in [0.717, 1.165) is 12.6 Å². The second kappa shape index (κ2) is 4.21. The number of aromatic nitrogens is 2. The molecule has 0 saturated heterocycles. The van der Waals surface area contributed by atoms with Crippen molar-refractivity contribution < 1.29 is 0 Å². The number of hydrogen-bond acceptors (Lipinski definition) is 2. The highest BCUT2D eigenvalue weighted by Crippen LogP contribution is 2.30. The van der Waals surface area contributed by atoms with Crippen LogP contribution in [-0.2, 0) is 6.54 Å². The van der Waals surface area contributed by atoms with Gasteiger partial charge in [0.1, 0.15) is 0 Å². The zero-order valence-electron chi connectivity index (χ0n) is 10.1. The van der Waals surface area contributed by atoms with E-state index in [0.29, 0.717) is 6.04 Å². The van der Waals surface area contributed by atoms with Crippen molar-refractivity contribution in [3.8, 4) is 0 Å². The lowest BCUT2D eigenvalue weighted by molar-refractivity contribution is 0.456. The Balaban J connectivity index is 1.68. The molecule has 88 valence electrons. The number of nitrogens with one attached hydrogen (secondary N) is 1. The highest BCUT2D eigenvalue weighted by atomic mass is 15.3. The van der Waals surface area contributed by atoms with Crippen LogP contribution in [0.25, 0.3) is 0 Å². The molecule has 0 bridgehead atoms. The van der Waals surface area contributed by atoms with Gasteiger partial charge in [-0.05, 0) is 32.6 Å². The SMILES string of the molecule is Cc1c(CNC2CC2)cnn1C1CCCC1. The first-order chi connectivity index (χ1) is 7.84. The molecule has 0 aromatic carbocycles. The van der Waals surface area contributed by atoms with E-state index in [4.69, 9.17) is 0 Å². The average molecular weight is 219 g/mol. The molecule has 1 N–H and O–H groups in total. The molecule has 16 heavy (non-hydrogen) atoms. The third-order valence-electron chi connectivity index (χ3n) is 3.98. The molecule has 0 spiro atoms. The molecule has 1 aromatic rings. The van der Waals surface area contributed by atoms with Gasteiger partial charge in [-0.3, -0.25) is 4.68 Å². The van der Waals surface area contributed by atoms with Crippen LogP contribution in [-0.4, -0.2) is 15.8 Å². The molecule has 2 saturated carbocycles. The van der Waals surface area contributed by atoms with E-state index < -0.39 is 0 Å². The van der Waals surface area contributed by atoms with Crippen LogP contribution in [0.15, 0.2) is 6.20 Å². The van der Waals surface area contributed by atoms with Crippen molar-refractivity contribution in [2.24, 2.45) is 0 Å². The van der Waals surface area contributed by atoms with Gasteiger partial charge in [-0.15, -0.1) is 0 Å². The summed E-state index contributed by atoms with van der Waals surface area (Å²) in [5.74, 6) is 0. The Morgan fingerprint density at radius 1 is 1.31 bits per heavy atom. The average Bonchev–Trinajstić information content (AvgIpc) is 2.82. The zero-order chi connectivity index (χ0) is 11.0. The van der Waals surface area contributed by atoms with Crippen LogP contribution < -0.4 is 5.32 Å². The minimum Gasteiger partial charge on any atom is -0.310 e. The van der Waals surface area contributed by atoms with Crippen molar-refractivity contribution in [2.75, 3.05) is 0 Å². The summed E-state index contributed by atoms with van der Waals surface area (Å²) in [5.41, 5.74) is 2.76. The van der Waals surface area contributed by atoms with Gasteiger partial charge in [-0.1, -0.05) is 12.8 Å². The quantitative estimate of drug-likeness (QED) is 0.843. The predicted molar refractivity (Wildman–Crippen MR) is 64.3 cm³/mol. The maximum atomic E-state index is 4.57. The maximum Gasteiger partial charge on any atom is 0.0537 e. The summed E-state index contributed by atoms with van der Waals surface area (Å²) in [5, 5.41) is 8.14. The normalized spacial score (nSPS) is 21.8. The Hall–Kier alpha value is -0.830. The first-order valence-electron chi connectivity index (χ1n) is 6.61. The molecule has 2 aliphatic rings. The minimum absolute atomic E-state index is 0.676. The molecule has 1 heterocycles. The van der Waals surface area contributed by atoms with E-state index in [9.17, 15) is 0 Å². The second-order valence-electron chi connectivity index (χ2n) is 5.29. The lowest BCUT2D eigenvalue weighted by atomic mass is 10.2. The summed E-state index contributed by atoms with van der Waals surface area (Å²) in [6.45, 7) is 3.22. The third-order valence-corrected chi connectivity index (χ3v) is 3.98. The van der Waals surface area contributed by atoms with Gasteiger partial charge in [-0.2, -0.15) is 5.10 Å². The fourth-order valence-electron chi connectivity index (χ4n) is 2.69. The second-order valence-corrected chi connectivity index (χ2v) is 5.29. The van der Waals surface area contributed by atoms with Crippen LogP contribution >= 0.6 is 0 Å². The van der Waals surface area contributed by atoms with Gasteiger partial charge in [0, 0.05) is 23.8 Å². The minimum atomic E-state index is 0.676. The van der Waals surface area contributed by atoms with Crippen molar-refractivity contribution in [3.05, 3.63) is 17.5 Å².